The van der Waals surface area contributed by atoms with E-state index >= 15 is 0 Å². The average Bonchev–Trinajstić information content (AvgIpc) is 3.33. The van der Waals surface area contributed by atoms with Crippen molar-refractivity contribution in [2.24, 2.45) is 7.05 Å². The van der Waals surface area contributed by atoms with Crippen LogP contribution >= 0.6 is 11.8 Å². The van der Waals surface area contributed by atoms with E-state index in [4.69, 9.17) is 4.42 Å². The van der Waals surface area contributed by atoms with E-state index in [9.17, 15) is 4.79 Å². The van der Waals surface area contributed by atoms with Gasteiger partial charge in [-0.15, -0.1) is 10.2 Å². The van der Waals surface area contributed by atoms with Crippen LogP contribution in [0.25, 0.3) is 11.6 Å². The lowest BCUT2D eigenvalue weighted by molar-refractivity contribution is -0.118. The summed E-state index contributed by atoms with van der Waals surface area (Å²) < 4.78 is 7.25. The summed E-state index contributed by atoms with van der Waals surface area (Å²) in [4.78, 5) is 15.0. The molecular weight excluding hydrogens is 348 g/mol. The van der Waals surface area contributed by atoms with Gasteiger partial charge < -0.3 is 13.9 Å². The van der Waals surface area contributed by atoms with Crippen LogP contribution in [0.1, 0.15) is 19.4 Å². The first-order chi connectivity index (χ1) is 12.6. The lowest BCUT2D eigenvalue weighted by Gasteiger charge is -2.25. The van der Waals surface area contributed by atoms with Crippen LogP contribution in [-0.4, -0.2) is 32.0 Å². The molecule has 0 fully saturated rings. The predicted octanol–water partition coefficient (Wildman–Crippen LogP) is 3.53. The molecule has 2 atom stereocenters. The molecule has 4 rings (SSSR count). The van der Waals surface area contributed by atoms with Gasteiger partial charge in [0, 0.05) is 18.8 Å². The summed E-state index contributed by atoms with van der Waals surface area (Å²) in [5, 5.41) is 8.85. The number of benzene rings is 1. The van der Waals surface area contributed by atoms with Gasteiger partial charge >= 0.3 is 0 Å². The molecule has 0 bridgehead atoms. The number of amides is 1. The highest BCUT2D eigenvalue weighted by Crippen LogP contribution is 2.35. The molecule has 1 amide bonds. The number of furan rings is 1. The largest absolute Gasteiger partial charge is 0.461 e. The fraction of sp³-hybridized carbons (Fsp3) is 0.316. The van der Waals surface area contributed by atoms with Crippen molar-refractivity contribution in [3.63, 3.8) is 0 Å². The second-order valence-corrected chi connectivity index (χ2v) is 7.80. The Bertz CT molecular complexity index is 935. The van der Waals surface area contributed by atoms with Crippen LogP contribution in [-0.2, 0) is 18.3 Å². The van der Waals surface area contributed by atoms with E-state index in [1.54, 1.807) is 6.26 Å². The fourth-order valence-electron chi connectivity index (χ4n) is 3.34. The minimum absolute atomic E-state index is 0.0926. The van der Waals surface area contributed by atoms with Crippen LogP contribution in [0.2, 0.25) is 0 Å². The standard InChI is InChI=1S/C19H20N4O2S/c1-12-11-14-7-4-5-8-15(14)23(12)18(24)13(2)26-19-21-20-17(22(19)3)16-9-6-10-25-16/h4-10,12-13H,11H2,1-3H3/t12-,13-/m1/s1. The van der Waals surface area contributed by atoms with Crippen molar-refractivity contribution in [3.8, 4) is 11.6 Å². The van der Waals surface area contributed by atoms with Gasteiger partial charge in [-0.1, -0.05) is 30.0 Å². The molecule has 0 saturated heterocycles. The van der Waals surface area contributed by atoms with E-state index in [2.05, 4.69) is 23.2 Å². The minimum atomic E-state index is -0.268. The van der Waals surface area contributed by atoms with Gasteiger partial charge in [0.15, 0.2) is 16.7 Å². The van der Waals surface area contributed by atoms with Gasteiger partial charge in [0.25, 0.3) is 0 Å². The summed E-state index contributed by atoms with van der Waals surface area (Å²) in [5.41, 5.74) is 2.25. The molecule has 6 nitrogen and oxygen atoms in total. The van der Waals surface area contributed by atoms with Crippen LogP contribution in [0, 0.1) is 0 Å². The SMILES string of the molecule is C[C@@H]1Cc2ccccc2N1C(=O)[C@@H](C)Sc1nnc(-c2ccco2)n1C. The summed E-state index contributed by atoms with van der Waals surface area (Å²) in [7, 11) is 1.88. The lowest BCUT2D eigenvalue weighted by Crippen LogP contribution is -2.40. The Morgan fingerprint density at radius 1 is 1.27 bits per heavy atom. The number of carbonyl (C=O) groups excluding carboxylic acids is 1. The maximum atomic E-state index is 13.1. The first-order valence-corrected chi connectivity index (χ1v) is 9.45. The lowest BCUT2D eigenvalue weighted by atomic mass is 10.1. The zero-order valence-electron chi connectivity index (χ0n) is 14.9. The molecule has 0 spiro atoms. The Kier molecular flexibility index (Phi) is 4.32. The Morgan fingerprint density at radius 2 is 2.08 bits per heavy atom. The molecule has 2 aromatic heterocycles. The second-order valence-electron chi connectivity index (χ2n) is 6.49. The van der Waals surface area contributed by atoms with Crippen LogP contribution in [0.5, 0.6) is 0 Å². The molecule has 3 aromatic rings. The molecule has 0 unspecified atom stereocenters. The molecule has 0 aliphatic carbocycles. The van der Waals surface area contributed by atoms with Gasteiger partial charge in [-0.2, -0.15) is 0 Å². The third kappa shape index (κ3) is 2.82. The van der Waals surface area contributed by atoms with Gasteiger partial charge in [-0.3, -0.25) is 4.79 Å². The third-order valence-electron chi connectivity index (χ3n) is 4.65. The number of rotatable bonds is 4. The number of hydrogen-bond acceptors (Lipinski definition) is 5. The fourth-order valence-corrected chi connectivity index (χ4v) is 4.21. The molecule has 26 heavy (non-hydrogen) atoms. The van der Waals surface area contributed by atoms with Gasteiger partial charge in [-0.05, 0) is 44.0 Å². The summed E-state index contributed by atoms with van der Waals surface area (Å²) in [6.45, 7) is 4.01. The molecule has 3 heterocycles. The maximum absolute atomic E-state index is 13.1. The van der Waals surface area contributed by atoms with E-state index in [0.29, 0.717) is 16.7 Å². The van der Waals surface area contributed by atoms with E-state index < -0.39 is 0 Å². The van der Waals surface area contributed by atoms with Crippen molar-refractivity contribution in [2.45, 2.75) is 36.7 Å². The molecule has 1 aliphatic rings. The average molecular weight is 368 g/mol. The normalized spacial score (nSPS) is 17.3. The molecule has 0 saturated carbocycles. The number of nitrogens with zero attached hydrogens (tertiary/aromatic N) is 4. The van der Waals surface area contributed by atoms with E-state index in [-0.39, 0.29) is 17.2 Å². The first-order valence-electron chi connectivity index (χ1n) is 8.57. The molecule has 7 heteroatoms. The summed E-state index contributed by atoms with van der Waals surface area (Å²) in [6, 6.07) is 11.9. The number of aromatic nitrogens is 3. The van der Waals surface area contributed by atoms with Crippen LogP contribution < -0.4 is 4.90 Å². The van der Waals surface area contributed by atoms with Crippen molar-refractivity contribution in [1.82, 2.24) is 14.8 Å². The Hall–Kier alpha value is -2.54. The topological polar surface area (TPSA) is 64.2 Å². The Morgan fingerprint density at radius 3 is 2.85 bits per heavy atom. The predicted molar refractivity (Wildman–Crippen MR) is 101 cm³/mol. The summed E-state index contributed by atoms with van der Waals surface area (Å²) in [6.07, 6.45) is 2.50. The molecule has 1 aromatic carbocycles. The number of carbonyl (C=O) groups is 1. The Balaban J connectivity index is 1.54. The molecule has 0 radical (unpaired) electrons. The minimum Gasteiger partial charge on any atom is -0.461 e. The van der Waals surface area contributed by atoms with Crippen LogP contribution in [0.4, 0.5) is 5.69 Å². The van der Waals surface area contributed by atoms with Gasteiger partial charge in [0.05, 0.1) is 11.5 Å². The highest BCUT2D eigenvalue weighted by Gasteiger charge is 2.34. The van der Waals surface area contributed by atoms with Crippen LogP contribution in [0.15, 0.2) is 52.2 Å². The van der Waals surface area contributed by atoms with Crippen molar-refractivity contribution in [2.75, 3.05) is 4.90 Å². The summed E-state index contributed by atoms with van der Waals surface area (Å²) in [5.74, 6) is 1.40. The quantitative estimate of drug-likeness (QED) is 0.659. The van der Waals surface area contributed by atoms with Crippen molar-refractivity contribution < 1.29 is 9.21 Å². The van der Waals surface area contributed by atoms with Crippen LogP contribution in [0.3, 0.4) is 0 Å². The van der Waals surface area contributed by atoms with E-state index in [1.165, 1.54) is 17.3 Å². The molecule has 134 valence electrons. The molecule has 1 aliphatic heterocycles. The molecule has 0 N–H and O–H groups in total. The zero-order chi connectivity index (χ0) is 18.3. The monoisotopic (exact) mass is 368 g/mol. The van der Waals surface area contributed by atoms with Crippen molar-refractivity contribution >= 4 is 23.4 Å². The first kappa shape index (κ1) is 16.9. The van der Waals surface area contributed by atoms with Gasteiger partial charge in [0.1, 0.15) is 0 Å². The number of fused-ring (bicyclic) bond motifs is 1. The number of para-hydroxylation sites is 1. The zero-order valence-corrected chi connectivity index (χ0v) is 15.7. The highest BCUT2D eigenvalue weighted by molar-refractivity contribution is 8.00. The smallest absolute Gasteiger partial charge is 0.240 e. The maximum Gasteiger partial charge on any atom is 0.240 e. The molecular formula is C19H20N4O2S. The number of anilines is 1. The van der Waals surface area contributed by atoms with Crippen molar-refractivity contribution in [1.29, 1.82) is 0 Å². The van der Waals surface area contributed by atoms with Gasteiger partial charge in [0.2, 0.25) is 5.91 Å². The van der Waals surface area contributed by atoms with Crippen molar-refractivity contribution in [3.05, 3.63) is 48.2 Å². The van der Waals surface area contributed by atoms with E-state index in [0.717, 1.165) is 12.1 Å². The third-order valence-corrected chi connectivity index (χ3v) is 5.77. The second kappa shape index (κ2) is 6.64. The van der Waals surface area contributed by atoms with Gasteiger partial charge in [-0.25, -0.2) is 0 Å². The Labute approximate surface area is 156 Å². The highest BCUT2D eigenvalue weighted by atomic mass is 32.2. The van der Waals surface area contributed by atoms with E-state index in [1.807, 2.05) is 53.8 Å². The number of thioether (sulfide) groups is 1. The number of hydrogen-bond donors (Lipinski definition) is 0. The summed E-state index contributed by atoms with van der Waals surface area (Å²) >= 11 is 1.42.